The van der Waals surface area contributed by atoms with E-state index in [9.17, 15) is 4.79 Å². The summed E-state index contributed by atoms with van der Waals surface area (Å²) in [6, 6.07) is 15.5. The van der Waals surface area contributed by atoms with Crippen LogP contribution in [0.25, 0.3) is 0 Å². The first kappa shape index (κ1) is 26.7. The summed E-state index contributed by atoms with van der Waals surface area (Å²) >= 11 is 0. The molecule has 0 fully saturated rings. The van der Waals surface area contributed by atoms with Crippen molar-refractivity contribution in [3.8, 4) is 11.5 Å². The highest BCUT2D eigenvalue weighted by Gasteiger charge is 2.00. The molecule has 0 aliphatic carbocycles. The normalized spacial score (nSPS) is 11.1. The number of aldehydes is 1. The number of allylic oxidation sites excluding steroid dienone is 2. The first-order chi connectivity index (χ1) is 16.3. The first-order valence-corrected chi connectivity index (χ1v) is 12.9. The molecule has 2 aromatic rings. The molecule has 0 spiro atoms. The monoisotopic (exact) mass is 450 g/mol. The summed E-state index contributed by atoms with van der Waals surface area (Å²) in [5, 5.41) is 0. The van der Waals surface area contributed by atoms with E-state index in [1.807, 2.05) is 6.07 Å². The van der Waals surface area contributed by atoms with Crippen LogP contribution in [0.4, 0.5) is 0 Å². The average molecular weight is 451 g/mol. The Kier molecular flexibility index (Phi) is 14.5. The number of hydrogen-bond acceptors (Lipinski definition) is 3. The molecule has 33 heavy (non-hydrogen) atoms. The van der Waals surface area contributed by atoms with Gasteiger partial charge in [-0.3, -0.25) is 4.79 Å². The molecular formula is C30H42O3. The third kappa shape index (κ3) is 12.9. The van der Waals surface area contributed by atoms with E-state index in [1.54, 1.807) is 24.3 Å². The zero-order valence-electron chi connectivity index (χ0n) is 20.5. The fourth-order valence-electron chi connectivity index (χ4n) is 3.80. The number of aryl methyl sites for hydroxylation is 1. The van der Waals surface area contributed by atoms with Crippen LogP contribution < -0.4 is 9.47 Å². The minimum Gasteiger partial charge on any atom is -0.490 e. The van der Waals surface area contributed by atoms with Gasteiger partial charge in [-0.1, -0.05) is 69.7 Å². The molecule has 0 bridgehead atoms. The standard InChI is InChI=1S/C30H42O3/c1-2-3-4-5-6-7-8-9-10-11-12-13-14-16-27-17-15-18-30(25-27)33-24-23-32-29-21-19-28(26-31)20-22-29/h7-8,15,17-22,25-26H,2-6,9-14,16,23-24H2,1H3/b8-7+. The van der Waals surface area contributed by atoms with E-state index in [0.717, 1.165) is 24.2 Å². The Morgan fingerprint density at radius 3 is 2.03 bits per heavy atom. The fraction of sp³-hybridized carbons (Fsp3) is 0.500. The molecule has 0 aliphatic heterocycles. The molecule has 2 rings (SSSR count). The molecule has 0 heterocycles. The lowest BCUT2D eigenvalue weighted by Crippen LogP contribution is -2.09. The summed E-state index contributed by atoms with van der Waals surface area (Å²) in [5.74, 6) is 1.64. The van der Waals surface area contributed by atoms with E-state index in [4.69, 9.17) is 9.47 Å². The summed E-state index contributed by atoms with van der Waals surface area (Å²) in [7, 11) is 0. The van der Waals surface area contributed by atoms with Crippen molar-refractivity contribution in [2.24, 2.45) is 0 Å². The summed E-state index contributed by atoms with van der Waals surface area (Å²) in [4.78, 5) is 10.7. The summed E-state index contributed by atoms with van der Waals surface area (Å²) < 4.78 is 11.5. The smallest absolute Gasteiger partial charge is 0.150 e. The fourth-order valence-corrected chi connectivity index (χ4v) is 3.80. The topological polar surface area (TPSA) is 35.5 Å². The van der Waals surface area contributed by atoms with Crippen molar-refractivity contribution in [3.05, 3.63) is 71.8 Å². The molecule has 2 aromatic carbocycles. The highest BCUT2D eigenvalue weighted by atomic mass is 16.5. The zero-order valence-corrected chi connectivity index (χ0v) is 20.5. The third-order valence-corrected chi connectivity index (χ3v) is 5.76. The van der Waals surface area contributed by atoms with Crippen LogP contribution in [-0.4, -0.2) is 19.5 Å². The summed E-state index contributed by atoms with van der Waals surface area (Å²) in [6.45, 7) is 3.23. The second-order valence-electron chi connectivity index (χ2n) is 8.66. The molecule has 0 aromatic heterocycles. The van der Waals surface area contributed by atoms with Gasteiger partial charge >= 0.3 is 0 Å². The molecule has 180 valence electrons. The van der Waals surface area contributed by atoms with Gasteiger partial charge in [-0.05, 0) is 80.5 Å². The Bertz CT molecular complexity index is 779. The van der Waals surface area contributed by atoms with Crippen molar-refractivity contribution in [1.29, 1.82) is 0 Å². The van der Waals surface area contributed by atoms with Crippen molar-refractivity contribution >= 4 is 6.29 Å². The maximum atomic E-state index is 10.7. The van der Waals surface area contributed by atoms with Gasteiger partial charge in [0.2, 0.25) is 0 Å². The Hall–Kier alpha value is -2.55. The van der Waals surface area contributed by atoms with Crippen LogP contribution in [0.5, 0.6) is 11.5 Å². The van der Waals surface area contributed by atoms with Gasteiger partial charge in [0, 0.05) is 5.56 Å². The van der Waals surface area contributed by atoms with Gasteiger partial charge in [-0.2, -0.15) is 0 Å². The Labute approximate surface area is 201 Å². The number of rotatable bonds is 19. The van der Waals surface area contributed by atoms with Crippen LogP contribution in [-0.2, 0) is 6.42 Å². The van der Waals surface area contributed by atoms with Crippen molar-refractivity contribution in [2.75, 3.05) is 13.2 Å². The SMILES string of the molecule is CCCCCC/C=C/CCCCCCCc1cccc(OCCOc2ccc(C=O)cc2)c1. The van der Waals surface area contributed by atoms with Crippen LogP contribution in [0.2, 0.25) is 0 Å². The van der Waals surface area contributed by atoms with Crippen LogP contribution >= 0.6 is 0 Å². The molecule has 3 heteroatoms. The molecule has 0 saturated carbocycles. The summed E-state index contributed by atoms with van der Waals surface area (Å²) in [6.07, 6.45) is 21.1. The van der Waals surface area contributed by atoms with Crippen molar-refractivity contribution in [2.45, 2.75) is 84.0 Å². The molecule has 0 saturated heterocycles. The molecule has 0 aliphatic rings. The lowest BCUT2D eigenvalue weighted by atomic mass is 10.0. The van der Waals surface area contributed by atoms with Crippen molar-refractivity contribution in [1.82, 2.24) is 0 Å². The third-order valence-electron chi connectivity index (χ3n) is 5.76. The zero-order chi connectivity index (χ0) is 23.4. The van der Waals surface area contributed by atoms with Crippen LogP contribution in [0, 0.1) is 0 Å². The maximum absolute atomic E-state index is 10.7. The minimum absolute atomic E-state index is 0.471. The number of carbonyl (C=O) groups is 1. The van der Waals surface area contributed by atoms with Crippen LogP contribution in [0.1, 0.15) is 93.5 Å². The highest BCUT2D eigenvalue weighted by molar-refractivity contribution is 5.74. The molecule has 0 N–H and O–H groups in total. The van der Waals surface area contributed by atoms with Crippen molar-refractivity contribution < 1.29 is 14.3 Å². The number of unbranched alkanes of at least 4 members (excludes halogenated alkanes) is 9. The lowest BCUT2D eigenvalue weighted by molar-refractivity contribution is 0.112. The van der Waals surface area contributed by atoms with Crippen LogP contribution in [0.3, 0.4) is 0 Å². The van der Waals surface area contributed by atoms with Gasteiger partial charge in [0.15, 0.2) is 0 Å². The van der Waals surface area contributed by atoms with Gasteiger partial charge in [0.05, 0.1) is 0 Å². The van der Waals surface area contributed by atoms with Gasteiger partial charge in [-0.15, -0.1) is 0 Å². The quantitative estimate of drug-likeness (QED) is 0.122. The number of benzene rings is 2. The average Bonchev–Trinajstić information content (AvgIpc) is 2.85. The molecule has 0 radical (unpaired) electrons. The second-order valence-corrected chi connectivity index (χ2v) is 8.66. The molecule has 3 nitrogen and oxygen atoms in total. The second kappa shape index (κ2) is 17.9. The Balaban J connectivity index is 1.49. The summed E-state index contributed by atoms with van der Waals surface area (Å²) in [5.41, 5.74) is 1.99. The van der Waals surface area contributed by atoms with E-state index >= 15 is 0 Å². The lowest BCUT2D eigenvalue weighted by Gasteiger charge is -2.10. The molecular weight excluding hydrogens is 408 g/mol. The van der Waals surface area contributed by atoms with E-state index in [1.165, 1.54) is 76.2 Å². The Morgan fingerprint density at radius 2 is 1.33 bits per heavy atom. The van der Waals surface area contributed by atoms with Crippen LogP contribution in [0.15, 0.2) is 60.7 Å². The largest absolute Gasteiger partial charge is 0.490 e. The number of carbonyl (C=O) groups excluding carboxylic acids is 1. The van der Waals surface area contributed by atoms with Crippen molar-refractivity contribution in [3.63, 3.8) is 0 Å². The minimum atomic E-state index is 0.471. The van der Waals surface area contributed by atoms with E-state index in [-0.39, 0.29) is 0 Å². The van der Waals surface area contributed by atoms with Gasteiger partial charge in [-0.25, -0.2) is 0 Å². The first-order valence-electron chi connectivity index (χ1n) is 12.9. The van der Waals surface area contributed by atoms with Gasteiger partial charge in [0.25, 0.3) is 0 Å². The Morgan fingerprint density at radius 1 is 0.697 bits per heavy atom. The number of ether oxygens (including phenoxy) is 2. The molecule has 0 amide bonds. The predicted molar refractivity (Wildman–Crippen MR) is 139 cm³/mol. The van der Waals surface area contributed by atoms with Gasteiger partial charge in [0.1, 0.15) is 31.0 Å². The molecule has 0 unspecified atom stereocenters. The van der Waals surface area contributed by atoms with E-state index < -0.39 is 0 Å². The van der Waals surface area contributed by atoms with E-state index in [0.29, 0.717) is 18.8 Å². The van der Waals surface area contributed by atoms with Gasteiger partial charge < -0.3 is 9.47 Å². The molecule has 0 atom stereocenters. The number of hydrogen-bond donors (Lipinski definition) is 0. The highest BCUT2D eigenvalue weighted by Crippen LogP contribution is 2.17. The maximum Gasteiger partial charge on any atom is 0.150 e. The predicted octanol–water partition coefficient (Wildman–Crippen LogP) is 8.37. The van der Waals surface area contributed by atoms with E-state index in [2.05, 4.69) is 37.3 Å².